The predicted octanol–water partition coefficient (Wildman–Crippen LogP) is 0.749. The van der Waals surface area contributed by atoms with Crippen molar-refractivity contribution in [2.45, 2.75) is 13.3 Å². The first kappa shape index (κ1) is 11.4. The van der Waals surface area contributed by atoms with Gasteiger partial charge in [0.2, 0.25) is 17.8 Å². The average molecular weight is 232 g/mol. The third-order valence-electron chi connectivity index (χ3n) is 2.70. The van der Waals surface area contributed by atoms with E-state index in [2.05, 4.69) is 34.0 Å². The maximum atomic E-state index is 5.54. The fraction of sp³-hybridized carbons (Fsp3) is 0.364. The van der Waals surface area contributed by atoms with Crippen molar-refractivity contribution in [2.24, 2.45) is 0 Å². The highest BCUT2D eigenvalue weighted by Crippen LogP contribution is 2.20. The van der Waals surface area contributed by atoms with E-state index in [-0.39, 0.29) is 11.9 Å². The largest absolute Gasteiger partial charge is 0.368 e. The molecule has 2 rings (SSSR count). The van der Waals surface area contributed by atoms with Crippen molar-refractivity contribution in [1.29, 1.82) is 0 Å². The lowest BCUT2D eigenvalue weighted by atomic mass is 10.2. The van der Waals surface area contributed by atoms with E-state index in [1.54, 1.807) is 0 Å². The van der Waals surface area contributed by atoms with Crippen LogP contribution in [0.1, 0.15) is 13.3 Å². The van der Waals surface area contributed by atoms with Crippen LogP contribution in [0.2, 0.25) is 0 Å². The molecule has 90 valence electrons. The molecule has 6 nitrogen and oxygen atoms in total. The van der Waals surface area contributed by atoms with Crippen LogP contribution in [0.15, 0.2) is 23.3 Å². The van der Waals surface area contributed by atoms with Crippen LogP contribution in [0.5, 0.6) is 0 Å². The second kappa shape index (κ2) is 4.40. The molecule has 1 aliphatic carbocycles. The number of nitrogens with two attached hydrogens (primary N) is 2. The second-order valence-electron chi connectivity index (χ2n) is 4.12. The molecular weight excluding hydrogens is 216 g/mol. The van der Waals surface area contributed by atoms with Crippen LogP contribution in [0.25, 0.3) is 0 Å². The van der Waals surface area contributed by atoms with Crippen LogP contribution >= 0.6 is 0 Å². The molecule has 1 aliphatic rings. The van der Waals surface area contributed by atoms with Gasteiger partial charge in [-0.1, -0.05) is 17.7 Å². The van der Waals surface area contributed by atoms with Gasteiger partial charge in [0.15, 0.2) is 0 Å². The van der Waals surface area contributed by atoms with Crippen LogP contribution < -0.4 is 16.4 Å². The minimum atomic E-state index is 0.145. The SMILES string of the molecule is CC1=C(CN(C)c2nc(N)nc(N)n2)C=CC1. The van der Waals surface area contributed by atoms with Gasteiger partial charge < -0.3 is 16.4 Å². The van der Waals surface area contributed by atoms with E-state index in [9.17, 15) is 0 Å². The van der Waals surface area contributed by atoms with Crippen molar-refractivity contribution in [3.63, 3.8) is 0 Å². The summed E-state index contributed by atoms with van der Waals surface area (Å²) in [5, 5.41) is 0. The lowest BCUT2D eigenvalue weighted by Gasteiger charge is -2.18. The zero-order chi connectivity index (χ0) is 12.4. The van der Waals surface area contributed by atoms with E-state index < -0.39 is 0 Å². The summed E-state index contributed by atoms with van der Waals surface area (Å²) in [5.74, 6) is 0.787. The lowest BCUT2D eigenvalue weighted by Crippen LogP contribution is -2.23. The fourth-order valence-corrected chi connectivity index (χ4v) is 1.73. The summed E-state index contributed by atoms with van der Waals surface area (Å²) in [5.41, 5.74) is 13.7. The quantitative estimate of drug-likeness (QED) is 0.798. The Balaban J connectivity index is 2.17. The molecule has 0 aliphatic heterocycles. The molecule has 0 radical (unpaired) electrons. The average Bonchev–Trinajstić information content (AvgIpc) is 2.63. The Morgan fingerprint density at radius 1 is 1.24 bits per heavy atom. The number of hydrogen-bond acceptors (Lipinski definition) is 6. The summed E-state index contributed by atoms with van der Waals surface area (Å²) in [7, 11) is 1.90. The lowest BCUT2D eigenvalue weighted by molar-refractivity contribution is 0.907. The van der Waals surface area contributed by atoms with Gasteiger partial charge in [-0.15, -0.1) is 0 Å². The number of anilines is 3. The number of nitrogens with zero attached hydrogens (tertiary/aromatic N) is 4. The number of likely N-dealkylation sites (N-methyl/N-ethyl adjacent to an activating group) is 1. The van der Waals surface area contributed by atoms with E-state index in [0.29, 0.717) is 5.95 Å². The second-order valence-corrected chi connectivity index (χ2v) is 4.12. The molecule has 1 heterocycles. The molecule has 0 aromatic carbocycles. The van der Waals surface area contributed by atoms with Crippen molar-refractivity contribution in [2.75, 3.05) is 30.0 Å². The highest BCUT2D eigenvalue weighted by Gasteiger charge is 2.11. The summed E-state index contributed by atoms with van der Waals surface area (Å²) in [6, 6.07) is 0. The third-order valence-corrected chi connectivity index (χ3v) is 2.70. The zero-order valence-electron chi connectivity index (χ0n) is 10.0. The molecule has 0 amide bonds. The normalized spacial score (nSPS) is 14.5. The monoisotopic (exact) mass is 232 g/mol. The van der Waals surface area contributed by atoms with Crippen molar-refractivity contribution in [3.8, 4) is 0 Å². The zero-order valence-corrected chi connectivity index (χ0v) is 10.0. The number of nitrogen functional groups attached to an aromatic ring is 2. The third kappa shape index (κ3) is 2.52. The van der Waals surface area contributed by atoms with Crippen LogP contribution in [0, 0.1) is 0 Å². The number of allylic oxidation sites excluding steroid dienone is 2. The smallest absolute Gasteiger partial charge is 0.231 e. The van der Waals surface area contributed by atoms with Gasteiger partial charge in [0.05, 0.1) is 0 Å². The van der Waals surface area contributed by atoms with Crippen LogP contribution in [-0.4, -0.2) is 28.5 Å². The molecule has 0 fully saturated rings. The Bertz CT molecular complexity index is 470. The summed E-state index contributed by atoms with van der Waals surface area (Å²) in [4.78, 5) is 13.8. The van der Waals surface area contributed by atoms with Crippen molar-refractivity contribution >= 4 is 17.8 Å². The van der Waals surface area contributed by atoms with Gasteiger partial charge in [-0.05, 0) is 18.9 Å². The maximum absolute atomic E-state index is 5.54. The van der Waals surface area contributed by atoms with Crippen molar-refractivity contribution in [1.82, 2.24) is 15.0 Å². The van der Waals surface area contributed by atoms with E-state index in [0.717, 1.165) is 13.0 Å². The Morgan fingerprint density at radius 2 is 1.88 bits per heavy atom. The molecule has 6 heteroatoms. The molecule has 0 saturated heterocycles. The van der Waals surface area contributed by atoms with E-state index >= 15 is 0 Å². The first-order valence-corrected chi connectivity index (χ1v) is 5.39. The molecule has 1 aromatic rings. The minimum Gasteiger partial charge on any atom is -0.368 e. The summed E-state index contributed by atoms with van der Waals surface area (Å²) in [6.45, 7) is 2.87. The van der Waals surface area contributed by atoms with E-state index in [1.165, 1.54) is 11.1 Å². The number of hydrogen-bond donors (Lipinski definition) is 2. The van der Waals surface area contributed by atoms with E-state index in [1.807, 2.05) is 11.9 Å². The van der Waals surface area contributed by atoms with Gasteiger partial charge in [0.25, 0.3) is 0 Å². The van der Waals surface area contributed by atoms with Crippen molar-refractivity contribution < 1.29 is 0 Å². The standard InChI is InChI=1S/C11H16N6/c1-7-4-3-5-8(7)6-17(2)11-15-9(12)14-10(13)16-11/h3,5H,4,6H2,1-2H3,(H4,12,13,14,15,16). The Labute approximate surface area is 100 Å². The number of aromatic nitrogens is 3. The minimum absolute atomic E-state index is 0.145. The van der Waals surface area contributed by atoms with Gasteiger partial charge in [-0.25, -0.2) is 0 Å². The Morgan fingerprint density at radius 3 is 2.41 bits per heavy atom. The van der Waals surface area contributed by atoms with Crippen LogP contribution in [0.4, 0.5) is 17.8 Å². The molecule has 0 saturated carbocycles. The molecule has 0 atom stereocenters. The summed E-state index contributed by atoms with van der Waals surface area (Å²) >= 11 is 0. The van der Waals surface area contributed by atoms with Crippen LogP contribution in [-0.2, 0) is 0 Å². The molecule has 0 spiro atoms. The summed E-state index contributed by atoms with van der Waals surface area (Å²) < 4.78 is 0. The first-order valence-electron chi connectivity index (χ1n) is 5.39. The van der Waals surface area contributed by atoms with Gasteiger partial charge in [-0.3, -0.25) is 0 Å². The first-order chi connectivity index (χ1) is 8.06. The van der Waals surface area contributed by atoms with Crippen LogP contribution in [0.3, 0.4) is 0 Å². The van der Waals surface area contributed by atoms with E-state index in [4.69, 9.17) is 11.5 Å². The molecule has 0 bridgehead atoms. The topological polar surface area (TPSA) is 94.0 Å². The molecule has 1 aromatic heterocycles. The summed E-state index contributed by atoms with van der Waals surface area (Å²) in [6.07, 6.45) is 5.29. The molecule has 0 unspecified atom stereocenters. The highest BCUT2D eigenvalue weighted by molar-refractivity contribution is 5.43. The Kier molecular flexibility index (Phi) is 2.95. The van der Waals surface area contributed by atoms with Gasteiger partial charge in [-0.2, -0.15) is 15.0 Å². The van der Waals surface area contributed by atoms with Gasteiger partial charge >= 0.3 is 0 Å². The predicted molar refractivity (Wildman–Crippen MR) is 68.4 cm³/mol. The fourth-order valence-electron chi connectivity index (χ4n) is 1.73. The molecular formula is C11H16N6. The van der Waals surface area contributed by atoms with Gasteiger partial charge in [0, 0.05) is 13.6 Å². The highest BCUT2D eigenvalue weighted by atomic mass is 15.3. The maximum Gasteiger partial charge on any atom is 0.231 e. The van der Waals surface area contributed by atoms with Gasteiger partial charge in [0.1, 0.15) is 0 Å². The molecule has 4 N–H and O–H groups in total. The number of rotatable bonds is 3. The van der Waals surface area contributed by atoms with Crippen molar-refractivity contribution in [3.05, 3.63) is 23.3 Å². The Hall–Kier alpha value is -2.11. The molecule has 17 heavy (non-hydrogen) atoms.